The monoisotopic (exact) mass is 621 g/mol. The van der Waals surface area contributed by atoms with Crippen LogP contribution in [0.4, 0.5) is 10.7 Å². The maximum atomic E-state index is 13.8. The molecule has 0 spiro atoms. The zero-order valence-corrected chi connectivity index (χ0v) is 25.6. The Morgan fingerprint density at radius 3 is 2.38 bits per heavy atom. The summed E-state index contributed by atoms with van der Waals surface area (Å²) in [5, 5.41) is 14.4. The van der Waals surface area contributed by atoms with E-state index in [4.69, 9.17) is 9.97 Å². The van der Waals surface area contributed by atoms with E-state index in [9.17, 15) is 18.3 Å². The van der Waals surface area contributed by atoms with Gasteiger partial charge in [0.2, 0.25) is 5.95 Å². The molecule has 2 N–H and O–H groups in total. The molecular formula is C35H35N5O4S. The van der Waals surface area contributed by atoms with Crippen LogP contribution in [0.1, 0.15) is 55.6 Å². The number of para-hydroxylation sites is 1. The number of nitrogens with one attached hydrogen (secondary N) is 1. The predicted molar refractivity (Wildman–Crippen MR) is 174 cm³/mol. The summed E-state index contributed by atoms with van der Waals surface area (Å²) in [5.74, 6) is 0.802. The van der Waals surface area contributed by atoms with Gasteiger partial charge in [-0.1, -0.05) is 66.7 Å². The second-order valence-corrected chi connectivity index (χ2v) is 13.8. The van der Waals surface area contributed by atoms with Crippen LogP contribution in [0.15, 0.2) is 102 Å². The first-order valence-corrected chi connectivity index (χ1v) is 16.9. The zero-order valence-electron chi connectivity index (χ0n) is 24.8. The normalized spacial score (nSPS) is 18.5. The fourth-order valence-corrected chi connectivity index (χ4v) is 7.90. The van der Waals surface area contributed by atoms with Crippen LogP contribution in [0, 0.1) is 0 Å². The Balaban J connectivity index is 1.20. The van der Waals surface area contributed by atoms with Crippen molar-refractivity contribution >= 4 is 33.0 Å². The van der Waals surface area contributed by atoms with Crippen molar-refractivity contribution in [3.63, 3.8) is 0 Å². The lowest BCUT2D eigenvalue weighted by atomic mass is 9.90. The molecule has 5 aromatic rings. The highest BCUT2D eigenvalue weighted by Gasteiger charge is 2.32. The van der Waals surface area contributed by atoms with Gasteiger partial charge in [-0.25, -0.2) is 27.2 Å². The smallest absolute Gasteiger partial charge is 0.407 e. The predicted octanol–water partition coefficient (Wildman–Crippen LogP) is 7.12. The highest BCUT2D eigenvalue weighted by molar-refractivity contribution is 7.90. The molecule has 0 aliphatic heterocycles. The summed E-state index contributed by atoms with van der Waals surface area (Å²) in [6, 6.07) is 25.5. The van der Waals surface area contributed by atoms with E-state index < -0.39 is 16.1 Å². The number of amides is 1. The van der Waals surface area contributed by atoms with Crippen LogP contribution in [0.25, 0.3) is 22.2 Å². The molecule has 3 aromatic carbocycles. The first-order valence-electron chi connectivity index (χ1n) is 15.5. The highest BCUT2D eigenvalue weighted by atomic mass is 32.2. The first-order chi connectivity index (χ1) is 21.9. The van der Waals surface area contributed by atoms with Crippen LogP contribution < -0.4 is 5.32 Å². The summed E-state index contributed by atoms with van der Waals surface area (Å²) >= 11 is 0. The van der Waals surface area contributed by atoms with E-state index in [1.807, 2.05) is 60.8 Å². The van der Waals surface area contributed by atoms with Crippen molar-refractivity contribution in [3.8, 4) is 11.3 Å². The first kappa shape index (κ1) is 29.0. The van der Waals surface area contributed by atoms with Gasteiger partial charge in [-0.05, 0) is 68.2 Å². The quantitative estimate of drug-likeness (QED) is 0.180. The third-order valence-electron chi connectivity index (χ3n) is 8.93. The van der Waals surface area contributed by atoms with Gasteiger partial charge in [-0.3, -0.25) is 0 Å². The van der Waals surface area contributed by atoms with Crippen LogP contribution in [0.5, 0.6) is 0 Å². The zero-order chi connectivity index (χ0) is 31.0. The second-order valence-electron chi connectivity index (χ2n) is 12.0. The van der Waals surface area contributed by atoms with Crippen LogP contribution in [-0.2, 0) is 16.6 Å². The molecular weight excluding hydrogens is 586 g/mol. The van der Waals surface area contributed by atoms with Gasteiger partial charge in [0, 0.05) is 47.5 Å². The number of hydrogen-bond donors (Lipinski definition) is 2. The number of hydrogen-bond acceptors (Lipinski definition) is 6. The average Bonchev–Trinajstić information content (AvgIpc) is 3.83. The highest BCUT2D eigenvalue weighted by Crippen LogP contribution is 2.45. The molecule has 0 radical (unpaired) electrons. The molecule has 45 heavy (non-hydrogen) atoms. The molecule has 0 unspecified atom stereocenters. The number of aromatic nitrogens is 3. The van der Waals surface area contributed by atoms with Gasteiger partial charge in [0.05, 0.1) is 16.1 Å². The maximum Gasteiger partial charge on any atom is 0.407 e. The molecule has 9 nitrogen and oxygen atoms in total. The van der Waals surface area contributed by atoms with Crippen molar-refractivity contribution < 1.29 is 18.3 Å². The summed E-state index contributed by atoms with van der Waals surface area (Å²) in [5.41, 5.74) is 4.05. The topological polar surface area (TPSA) is 117 Å². The molecule has 2 aliphatic carbocycles. The van der Waals surface area contributed by atoms with Crippen molar-refractivity contribution in [2.24, 2.45) is 0 Å². The Hall–Kier alpha value is -4.70. The van der Waals surface area contributed by atoms with Gasteiger partial charge < -0.3 is 15.3 Å². The Morgan fingerprint density at radius 1 is 0.933 bits per heavy atom. The molecule has 7 rings (SSSR count). The van der Waals surface area contributed by atoms with E-state index in [0.29, 0.717) is 30.3 Å². The molecule has 230 valence electrons. The minimum Gasteiger partial charge on any atom is -0.465 e. The number of carbonyl (C=O) groups is 1. The van der Waals surface area contributed by atoms with E-state index >= 15 is 0 Å². The molecule has 2 aromatic heterocycles. The molecule has 2 aliphatic rings. The Labute approximate surface area is 262 Å². The average molecular weight is 622 g/mol. The van der Waals surface area contributed by atoms with Gasteiger partial charge in [0.25, 0.3) is 10.0 Å². The number of benzene rings is 3. The van der Waals surface area contributed by atoms with Crippen LogP contribution in [-0.4, -0.2) is 50.5 Å². The number of nitrogens with zero attached hydrogens (tertiary/aromatic N) is 4. The van der Waals surface area contributed by atoms with Crippen molar-refractivity contribution in [3.05, 3.63) is 108 Å². The van der Waals surface area contributed by atoms with Gasteiger partial charge >= 0.3 is 6.09 Å². The SMILES string of the molecule is O=C(O)N(Cc1ccccc1)[C@H]1CCC[C@@H](Nc2ncc(C3CC3)c(-c3cn(S(=O)(=O)c4ccccc4)c4ccccc34)n2)C1. The number of fused-ring (bicyclic) bond motifs is 1. The lowest BCUT2D eigenvalue weighted by Crippen LogP contribution is -2.44. The van der Waals surface area contributed by atoms with Crippen molar-refractivity contribution in [2.75, 3.05) is 5.32 Å². The summed E-state index contributed by atoms with van der Waals surface area (Å²) in [6.45, 7) is 0.347. The van der Waals surface area contributed by atoms with Crippen LogP contribution >= 0.6 is 0 Å². The Kier molecular flexibility index (Phi) is 7.75. The van der Waals surface area contributed by atoms with E-state index in [-0.39, 0.29) is 17.0 Å². The van der Waals surface area contributed by atoms with Gasteiger partial charge in [0.1, 0.15) is 0 Å². The third-order valence-corrected chi connectivity index (χ3v) is 10.6. The number of carboxylic acid groups (broad SMARTS) is 1. The number of anilines is 1. The number of rotatable bonds is 9. The van der Waals surface area contributed by atoms with Crippen LogP contribution in [0.3, 0.4) is 0 Å². The van der Waals surface area contributed by atoms with E-state index in [2.05, 4.69) is 5.32 Å². The van der Waals surface area contributed by atoms with E-state index in [0.717, 1.165) is 59.9 Å². The minimum absolute atomic E-state index is 0.000740. The van der Waals surface area contributed by atoms with Crippen molar-refractivity contribution in [1.82, 2.24) is 18.8 Å². The largest absolute Gasteiger partial charge is 0.465 e. The summed E-state index contributed by atoms with van der Waals surface area (Å²) in [7, 11) is -3.84. The maximum absolute atomic E-state index is 13.8. The lowest BCUT2D eigenvalue weighted by molar-refractivity contribution is 0.105. The molecule has 2 heterocycles. The van der Waals surface area contributed by atoms with Gasteiger partial charge in [0.15, 0.2) is 0 Å². The minimum atomic E-state index is -3.84. The molecule has 10 heteroatoms. The molecule has 0 saturated heterocycles. The summed E-state index contributed by atoms with van der Waals surface area (Å²) in [4.78, 5) is 23.8. The van der Waals surface area contributed by atoms with Crippen molar-refractivity contribution in [1.29, 1.82) is 0 Å². The van der Waals surface area contributed by atoms with E-state index in [1.54, 1.807) is 41.4 Å². The second kappa shape index (κ2) is 12.0. The fraction of sp³-hybridized carbons (Fsp3) is 0.286. The van der Waals surface area contributed by atoms with E-state index in [1.165, 1.54) is 3.97 Å². The summed E-state index contributed by atoms with van der Waals surface area (Å²) < 4.78 is 28.9. The van der Waals surface area contributed by atoms with Crippen molar-refractivity contribution in [2.45, 2.75) is 68.0 Å². The lowest BCUT2D eigenvalue weighted by Gasteiger charge is -2.36. The van der Waals surface area contributed by atoms with Crippen LogP contribution in [0.2, 0.25) is 0 Å². The Bertz CT molecular complexity index is 1940. The standard InChI is InChI=1S/C35H35N5O4S/c41-35(42)39(22-24-10-3-1-4-11-24)27-13-9-12-26(20-27)37-34-36-21-30(25-18-19-25)33(38-34)31-23-40(32-17-8-7-16-29(31)32)45(43,44)28-14-5-2-6-15-28/h1-8,10-11,14-17,21,23,25-27H,9,12-13,18-20,22H2,(H,41,42)(H,36,37,38)/t26-,27+/m1/s1. The molecule has 0 bridgehead atoms. The third kappa shape index (κ3) is 5.90. The molecule has 2 fully saturated rings. The Morgan fingerprint density at radius 2 is 1.64 bits per heavy atom. The molecule has 1 amide bonds. The van der Waals surface area contributed by atoms with Gasteiger partial charge in [-0.2, -0.15) is 0 Å². The van der Waals surface area contributed by atoms with Gasteiger partial charge in [-0.15, -0.1) is 0 Å². The molecule has 2 atom stereocenters. The fourth-order valence-electron chi connectivity index (χ4n) is 6.51. The summed E-state index contributed by atoms with van der Waals surface area (Å²) in [6.07, 6.45) is 7.96. The molecule has 2 saturated carbocycles.